The molecular formula is C20H22FNO3. The fourth-order valence-electron chi connectivity index (χ4n) is 2.89. The molecule has 2 aromatic carbocycles. The lowest BCUT2D eigenvalue weighted by Crippen LogP contribution is -2.46. The highest BCUT2D eigenvalue weighted by Gasteiger charge is 2.30. The lowest BCUT2D eigenvalue weighted by Gasteiger charge is -2.32. The standard InChI is InChI=1S/C20H22FNO3/c1-14-2-4-15(5-3-14)16-6-7-17(18(21)12-16)19(23)22-13-20(24)8-10-25-11-9-20/h2-7,12,24H,8-11,13H2,1H3,(H,22,23). The number of hydrogen-bond acceptors (Lipinski definition) is 3. The van der Waals surface area contributed by atoms with Crippen LogP contribution in [0.25, 0.3) is 11.1 Å². The van der Waals surface area contributed by atoms with Gasteiger partial charge in [-0.05, 0) is 30.2 Å². The van der Waals surface area contributed by atoms with E-state index in [1.54, 1.807) is 6.07 Å². The maximum Gasteiger partial charge on any atom is 0.254 e. The van der Waals surface area contributed by atoms with E-state index >= 15 is 0 Å². The number of aliphatic hydroxyl groups is 1. The highest BCUT2D eigenvalue weighted by atomic mass is 19.1. The molecule has 0 aromatic heterocycles. The summed E-state index contributed by atoms with van der Waals surface area (Å²) in [4.78, 5) is 12.2. The van der Waals surface area contributed by atoms with Crippen LogP contribution in [0, 0.1) is 12.7 Å². The van der Waals surface area contributed by atoms with Gasteiger partial charge in [0, 0.05) is 32.6 Å². The summed E-state index contributed by atoms with van der Waals surface area (Å²) in [5, 5.41) is 13.0. The Balaban J connectivity index is 1.69. The van der Waals surface area contributed by atoms with Crippen LogP contribution in [0.4, 0.5) is 4.39 Å². The van der Waals surface area contributed by atoms with Gasteiger partial charge in [-0.25, -0.2) is 4.39 Å². The molecule has 5 heteroatoms. The number of hydrogen-bond donors (Lipinski definition) is 2. The Labute approximate surface area is 146 Å². The van der Waals surface area contributed by atoms with Crippen molar-refractivity contribution in [1.82, 2.24) is 5.32 Å². The molecule has 132 valence electrons. The normalized spacial score (nSPS) is 16.4. The predicted octanol–water partition coefficient (Wildman–Crippen LogP) is 3.07. The van der Waals surface area contributed by atoms with E-state index in [-0.39, 0.29) is 12.1 Å². The molecule has 0 unspecified atom stereocenters. The van der Waals surface area contributed by atoms with Gasteiger partial charge >= 0.3 is 0 Å². The van der Waals surface area contributed by atoms with Crippen molar-refractivity contribution in [3.8, 4) is 11.1 Å². The Morgan fingerprint density at radius 2 is 1.80 bits per heavy atom. The first-order valence-corrected chi connectivity index (χ1v) is 8.42. The molecule has 2 N–H and O–H groups in total. The third-order valence-electron chi connectivity index (χ3n) is 4.60. The van der Waals surface area contributed by atoms with Gasteiger partial charge in [-0.15, -0.1) is 0 Å². The highest BCUT2D eigenvalue weighted by Crippen LogP contribution is 2.23. The molecule has 1 amide bonds. The van der Waals surface area contributed by atoms with Crippen LogP contribution in [0.1, 0.15) is 28.8 Å². The monoisotopic (exact) mass is 343 g/mol. The molecule has 3 rings (SSSR count). The SMILES string of the molecule is Cc1ccc(-c2ccc(C(=O)NCC3(O)CCOCC3)c(F)c2)cc1. The zero-order valence-electron chi connectivity index (χ0n) is 14.2. The summed E-state index contributed by atoms with van der Waals surface area (Å²) in [6, 6.07) is 12.3. The number of carbonyl (C=O) groups excluding carboxylic acids is 1. The minimum Gasteiger partial charge on any atom is -0.388 e. The van der Waals surface area contributed by atoms with Crippen LogP contribution < -0.4 is 5.32 Å². The van der Waals surface area contributed by atoms with Gasteiger partial charge in [0.15, 0.2) is 0 Å². The Kier molecular flexibility index (Phi) is 5.16. The van der Waals surface area contributed by atoms with E-state index in [9.17, 15) is 14.3 Å². The minimum atomic E-state index is -0.980. The van der Waals surface area contributed by atoms with E-state index in [0.29, 0.717) is 26.1 Å². The third kappa shape index (κ3) is 4.24. The topological polar surface area (TPSA) is 58.6 Å². The maximum absolute atomic E-state index is 14.4. The first-order valence-electron chi connectivity index (χ1n) is 8.42. The molecule has 0 spiro atoms. The molecule has 1 saturated heterocycles. The number of ether oxygens (including phenoxy) is 1. The quantitative estimate of drug-likeness (QED) is 0.897. The van der Waals surface area contributed by atoms with Crippen molar-refractivity contribution in [3.63, 3.8) is 0 Å². The highest BCUT2D eigenvalue weighted by molar-refractivity contribution is 5.95. The number of aryl methyl sites for hydroxylation is 1. The average molecular weight is 343 g/mol. The molecule has 1 fully saturated rings. The van der Waals surface area contributed by atoms with Crippen molar-refractivity contribution in [3.05, 3.63) is 59.4 Å². The number of rotatable bonds is 4. The summed E-state index contributed by atoms with van der Waals surface area (Å²) in [7, 11) is 0. The van der Waals surface area contributed by atoms with Crippen molar-refractivity contribution < 1.29 is 19.0 Å². The number of carbonyl (C=O) groups is 1. The van der Waals surface area contributed by atoms with Crippen molar-refractivity contribution in [2.45, 2.75) is 25.4 Å². The smallest absolute Gasteiger partial charge is 0.254 e. The molecule has 0 bridgehead atoms. The Hall–Kier alpha value is -2.24. The van der Waals surface area contributed by atoms with Crippen molar-refractivity contribution in [1.29, 1.82) is 0 Å². The number of halogens is 1. The van der Waals surface area contributed by atoms with Crippen molar-refractivity contribution >= 4 is 5.91 Å². The van der Waals surface area contributed by atoms with Crippen LogP contribution in [-0.4, -0.2) is 36.4 Å². The fourth-order valence-corrected chi connectivity index (χ4v) is 2.89. The molecule has 1 heterocycles. The van der Waals surface area contributed by atoms with Gasteiger partial charge in [0.2, 0.25) is 0 Å². The lowest BCUT2D eigenvalue weighted by atomic mass is 9.94. The van der Waals surface area contributed by atoms with E-state index < -0.39 is 17.3 Å². The van der Waals surface area contributed by atoms with Crippen molar-refractivity contribution in [2.75, 3.05) is 19.8 Å². The molecule has 0 atom stereocenters. The Morgan fingerprint density at radius 3 is 2.44 bits per heavy atom. The molecule has 25 heavy (non-hydrogen) atoms. The molecule has 4 nitrogen and oxygen atoms in total. The first kappa shape index (κ1) is 17.6. The number of benzene rings is 2. The third-order valence-corrected chi connectivity index (χ3v) is 4.60. The predicted molar refractivity (Wildman–Crippen MR) is 93.9 cm³/mol. The van der Waals surface area contributed by atoms with Crippen LogP contribution >= 0.6 is 0 Å². The minimum absolute atomic E-state index is 0.0217. The fraction of sp³-hybridized carbons (Fsp3) is 0.350. The second-order valence-corrected chi connectivity index (χ2v) is 6.58. The second kappa shape index (κ2) is 7.33. The molecular weight excluding hydrogens is 321 g/mol. The van der Waals surface area contributed by atoms with E-state index in [4.69, 9.17) is 4.74 Å². The molecule has 2 aromatic rings. The van der Waals surface area contributed by atoms with Crippen LogP contribution in [0.5, 0.6) is 0 Å². The van der Waals surface area contributed by atoms with Gasteiger partial charge in [0.05, 0.1) is 11.2 Å². The maximum atomic E-state index is 14.4. The molecule has 0 saturated carbocycles. The summed E-state index contributed by atoms with van der Waals surface area (Å²) >= 11 is 0. The van der Waals surface area contributed by atoms with Crippen LogP contribution in [0.15, 0.2) is 42.5 Å². The van der Waals surface area contributed by atoms with Gasteiger partial charge in [-0.3, -0.25) is 4.79 Å². The second-order valence-electron chi connectivity index (χ2n) is 6.58. The first-order chi connectivity index (χ1) is 12.0. The zero-order valence-corrected chi connectivity index (χ0v) is 14.2. The van der Waals surface area contributed by atoms with Crippen molar-refractivity contribution in [2.24, 2.45) is 0 Å². The zero-order chi connectivity index (χ0) is 17.9. The largest absolute Gasteiger partial charge is 0.388 e. The summed E-state index contributed by atoms with van der Waals surface area (Å²) in [5.41, 5.74) is 1.74. The van der Waals surface area contributed by atoms with E-state index in [1.807, 2.05) is 31.2 Å². The molecule has 1 aliphatic heterocycles. The molecule has 1 aliphatic rings. The van der Waals surface area contributed by atoms with Gasteiger partial charge in [-0.2, -0.15) is 0 Å². The summed E-state index contributed by atoms with van der Waals surface area (Å²) < 4.78 is 19.6. The van der Waals surface area contributed by atoms with E-state index in [1.165, 1.54) is 12.1 Å². The van der Waals surface area contributed by atoms with Crippen LogP contribution in [-0.2, 0) is 4.74 Å². The van der Waals surface area contributed by atoms with E-state index in [0.717, 1.165) is 16.7 Å². The molecule has 0 aliphatic carbocycles. The number of amides is 1. The van der Waals surface area contributed by atoms with E-state index in [2.05, 4.69) is 5.32 Å². The van der Waals surface area contributed by atoms with Gasteiger partial charge in [0.1, 0.15) is 5.82 Å². The average Bonchev–Trinajstić information content (AvgIpc) is 2.61. The number of nitrogens with one attached hydrogen (secondary N) is 1. The van der Waals surface area contributed by atoms with Gasteiger partial charge in [-0.1, -0.05) is 35.9 Å². The van der Waals surface area contributed by atoms with Crippen LogP contribution in [0.3, 0.4) is 0 Å². The lowest BCUT2D eigenvalue weighted by molar-refractivity contribution is -0.0605. The van der Waals surface area contributed by atoms with Crippen LogP contribution in [0.2, 0.25) is 0 Å². The summed E-state index contributed by atoms with van der Waals surface area (Å²) in [5.74, 6) is -1.09. The van der Waals surface area contributed by atoms with Gasteiger partial charge in [0.25, 0.3) is 5.91 Å². The van der Waals surface area contributed by atoms with Gasteiger partial charge < -0.3 is 15.2 Å². The molecule has 0 radical (unpaired) electrons. The summed E-state index contributed by atoms with van der Waals surface area (Å²) in [6.07, 6.45) is 0.921. The Morgan fingerprint density at radius 1 is 1.16 bits per heavy atom. The Bertz CT molecular complexity index is 752. The summed E-state index contributed by atoms with van der Waals surface area (Å²) in [6.45, 7) is 3.01.